The summed E-state index contributed by atoms with van der Waals surface area (Å²) < 4.78 is 7.04. The van der Waals surface area contributed by atoms with Gasteiger partial charge in [-0.1, -0.05) is 39.0 Å². The van der Waals surface area contributed by atoms with Gasteiger partial charge in [0.15, 0.2) is 0 Å². The van der Waals surface area contributed by atoms with Gasteiger partial charge in [-0.05, 0) is 12.9 Å². The van der Waals surface area contributed by atoms with Crippen molar-refractivity contribution >= 4 is 0 Å². The van der Waals surface area contributed by atoms with Crippen molar-refractivity contribution in [2.24, 2.45) is 5.73 Å². The topological polar surface area (TPSA) is 26.0 Å². The van der Waals surface area contributed by atoms with Crippen molar-refractivity contribution in [1.29, 1.82) is 0 Å². The molecule has 0 fully saturated rings. The van der Waals surface area contributed by atoms with Crippen LogP contribution in [0.5, 0.6) is 0 Å². The molecule has 1 atom stereocenters. The molecule has 0 heterocycles. The SMILES string of the molecule is [3H]C(N)CCCCCCC. The summed E-state index contributed by atoms with van der Waals surface area (Å²) >= 11 is 0. The second-order valence-corrected chi connectivity index (χ2v) is 2.44. The van der Waals surface area contributed by atoms with Gasteiger partial charge in [0.25, 0.3) is 0 Å². The van der Waals surface area contributed by atoms with E-state index in [-0.39, 0.29) is 6.52 Å². The van der Waals surface area contributed by atoms with E-state index in [1.807, 2.05) is 0 Å². The van der Waals surface area contributed by atoms with E-state index in [0.717, 1.165) is 12.8 Å². The third-order valence-corrected chi connectivity index (χ3v) is 1.47. The van der Waals surface area contributed by atoms with Crippen LogP contribution in [0.2, 0.25) is 0 Å². The van der Waals surface area contributed by atoms with Crippen molar-refractivity contribution in [3.05, 3.63) is 0 Å². The van der Waals surface area contributed by atoms with Gasteiger partial charge in [-0.15, -0.1) is 0 Å². The lowest BCUT2D eigenvalue weighted by atomic mass is 10.1. The Bertz CT molecular complexity index is 64.3. The molecule has 1 heteroatoms. The Balaban J connectivity index is 2.77. The molecular formula is C8H19N. The van der Waals surface area contributed by atoms with Crippen LogP contribution in [-0.4, -0.2) is 6.52 Å². The smallest absolute Gasteiger partial charge is 0.0425 e. The third kappa shape index (κ3) is 7.96. The molecule has 0 aliphatic carbocycles. The molecule has 0 aromatic heterocycles. The van der Waals surface area contributed by atoms with Gasteiger partial charge in [-0.25, -0.2) is 0 Å². The minimum absolute atomic E-state index is 0.346. The maximum Gasteiger partial charge on any atom is 0.0425 e. The summed E-state index contributed by atoms with van der Waals surface area (Å²) in [5.74, 6) is 0. The second-order valence-electron chi connectivity index (χ2n) is 2.44. The maximum absolute atomic E-state index is 7.04. The van der Waals surface area contributed by atoms with E-state index in [1.165, 1.54) is 25.7 Å². The van der Waals surface area contributed by atoms with Crippen LogP contribution in [0, 0.1) is 0 Å². The molecule has 0 amide bonds. The first kappa shape index (κ1) is 7.07. The van der Waals surface area contributed by atoms with Gasteiger partial charge < -0.3 is 5.73 Å². The van der Waals surface area contributed by atoms with Gasteiger partial charge in [-0.3, -0.25) is 0 Å². The Morgan fingerprint density at radius 1 is 1.11 bits per heavy atom. The highest BCUT2D eigenvalue weighted by atomic mass is 14.5. The Morgan fingerprint density at radius 3 is 2.22 bits per heavy atom. The third-order valence-electron chi connectivity index (χ3n) is 1.47. The number of unbranched alkanes of at least 4 members (excludes halogenated alkanes) is 4. The molecule has 0 saturated heterocycles. The Morgan fingerprint density at radius 2 is 1.67 bits per heavy atom. The minimum Gasteiger partial charge on any atom is -0.330 e. The highest BCUT2D eigenvalue weighted by molar-refractivity contribution is 4.43. The zero-order chi connectivity index (χ0) is 7.82. The lowest BCUT2D eigenvalue weighted by Crippen LogP contribution is -1.97. The summed E-state index contributed by atoms with van der Waals surface area (Å²) in [7, 11) is 0. The Labute approximate surface area is 60.0 Å². The van der Waals surface area contributed by atoms with E-state index in [0.29, 0.717) is 0 Å². The van der Waals surface area contributed by atoms with Gasteiger partial charge >= 0.3 is 0 Å². The van der Waals surface area contributed by atoms with E-state index in [9.17, 15) is 0 Å². The van der Waals surface area contributed by atoms with Gasteiger partial charge in [0, 0.05) is 1.37 Å². The van der Waals surface area contributed by atoms with Crippen LogP contribution < -0.4 is 5.73 Å². The quantitative estimate of drug-likeness (QED) is 0.550. The fourth-order valence-corrected chi connectivity index (χ4v) is 0.866. The molecule has 0 rings (SSSR count). The van der Waals surface area contributed by atoms with Crippen LogP contribution >= 0.6 is 0 Å². The standard InChI is InChI=1S/C8H19N/c1-2-3-4-5-6-7-8-9/h2-9H2,1H3/i8T. The molecule has 0 aliphatic rings. The van der Waals surface area contributed by atoms with Gasteiger partial charge in [0.1, 0.15) is 0 Å². The fourth-order valence-electron chi connectivity index (χ4n) is 0.866. The van der Waals surface area contributed by atoms with Crippen molar-refractivity contribution in [1.82, 2.24) is 0 Å². The summed E-state index contributed by atoms with van der Waals surface area (Å²) in [5.41, 5.74) is 5.27. The molecule has 0 radical (unpaired) electrons. The van der Waals surface area contributed by atoms with Crippen molar-refractivity contribution < 1.29 is 1.37 Å². The molecular weight excluding hydrogens is 110 g/mol. The fraction of sp³-hybridized carbons (Fsp3) is 1.00. The predicted molar refractivity (Wildman–Crippen MR) is 42.4 cm³/mol. The molecule has 0 saturated carbocycles. The number of hydrogen-bond donors (Lipinski definition) is 1. The normalized spacial score (nSPS) is 15.1. The number of hydrogen-bond acceptors (Lipinski definition) is 1. The molecule has 0 aliphatic heterocycles. The lowest BCUT2D eigenvalue weighted by molar-refractivity contribution is 0.612. The highest BCUT2D eigenvalue weighted by Crippen LogP contribution is 2.03. The van der Waals surface area contributed by atoms with Crippen LogP contribution in [0.3, 0.4) is 0 Å². The zero-order valence-corrected chi connectivity index (χ0v) is 6.40. The lowest BCUT2D eigenvalue weighted by Gasteiger charge is -1.96. The van der Waals surface area contributed by atoms with E-state index in [2.05, 4.69) is 6.92 Å². The van der Waals surface area contributed by atoms with Gasteiger partial charge in [0.05, 0.1) is 0 Å². The molecule has 56 valence electrons. The zero-order valence-electron chi connectivity index (χ0n) is 7.40. The predicted octanol–water partition coefficient (Wildman–Crippen LogP) is 2.31. The molecule has 0 spiro atoms. The van der Waals surface area contributed by atoms with Crippen molar-refractivity contribution in [3.63, 3.8) is 0 Å². The molecule has 0 aromatic carbocycles. The maximum atomic E-state index is 7.04. The monoisotopic (exact) mass is 131 g/mol. The highest BCUT2D eigenvalue weighted by Gasteiger charge is 1.85. The molecule has 2 N–H and O–H groups in total. The van der Waals surface area contributed by atoms with E-state index >= 15 is 0 Å². The summed E-state index contributed by atoms with van der Waals surface area (Å²) in [6.07, 6.45) is 7.16. The van der Waals surface area contributed by atoms with Crippen molar-refractivity contribution in [3.8, 4) is 0 Å². The van der Waals surface area contributed by atoms with Gasteiger partial charge in [0.2, 0.25) is 0 Å². The second kappa shape index (κ2) is 7.96. The number of nitrogens with two attached hydrogens (primary N) is 1. The van der Waals surface area contributed by atoms with Crippen LogP contribution in [0.4, 0.5) is 0 Å². The average Bonchev–Trinajstić information content (AvgIpc) is 1.87. The van der Waals surface area contributed by atoms with Gasteiger partial charge in [-0.2, -0.15) is 0 Å². The summed E-state index contributed by atoms with van der Waals surface area (Å²) in [4.78, 5) is 0. The van der Waals surface area contributed by atoms with E-state index in [4.69, 9.17) is 7.10 Å². The molecule has 0 bridgehead atoms. The summed E-state index contributed by atoms with van der Waals surface area (Å²) in [6.45, 7) is 1.86. The average molecular weight is 131 g/mol. The van der Waals surface area contributed by atoms with E-state index < -0.39 is 0 Å². The summed E-state index contributed by atoms with van der Waals surface area (Å²) in [6, 6.07) is 0. The Hall–Kier alpha value is -0.0400. The molecule has 9 heavy (non-hydrogen) atoms. The van der Waals surface area contributed by atoms with Crippen LogP contribution in [-0.2, 0) is 0 Å². The van der Waals surface area contributed by atoms with Crippen molar-refractivity contribution in [2.75, 3.05) is 6.52 Å². The van der Waals surface area contributed by atoms with Crippen LogP contribution in [0.15, 0.2) is 0 Å². The minimum atomic E-state index is -0.346. The van der Waals surface area contributed by atoms with Crippen molar-refractivity contribution in [2.45, 2.75) is 45.4 Å². The van der Waals surface area contributed by atoms with Crippen LogP contribution in [0.1, 0.15) is 46.8 Å². The number of rotatable bonds is 6. The molecule has 0 aromatic rings. The molecule has 1 unspecified atom stereocenters. The first-order chi connectivity index (χ1) is 4.77. The first-order valence-electron chi connectivity index (χ1n) is 4.53. The van der Waals surface area contributed by atoms with Crippen LogP contribution in [0.25, 0.3) is 0 Å². The molecule has 1 nitrogen and oxygen atoms in total. The Kier molecular flexibility index (Phi) is 6.25. The summed E-state index contributed by atoms with van der Waals surface area (Å²) in [5, 5.41) is 0. The van der Waals surface area contributed by atoms with E-state index in [1.54, 1.807) is 0 Å². The largest absolute Gasteiger partial charge is 0.330 e. The first-order valence-corrected chi connectivity index (χ1v) is 3.95.